The molecule has 0 bridgehead atoms. The van der Waals surface area contributed by atoms with Gasteiger partial charge in [-0.1, -0.05) is 12.1 Å². The van der Waals surface area contributed by atoms with Crippen molar-refractivity contribution in [3.8, 4) is 0 Å². The highest BCUT2D eigenvalue weighted by molar-refractivity contribution is 5.80. The number of aromatic nitrogens is 3. The molecule has 28 heavy (non-hydrogen) atoms. The number of morpholine rings is 1. The molecule has 2 fully saturated rings. The van der Waals surface area contributed by atoms with Crippen LogP contribution in [0.15, 0.2) is 29.3 Å². The van der Waals surface area contributed by atoms with E-state index >= 15 is 0 Å². The number of aryl methyl sites for hydroxylation is 1. The molecule has 1 saturated heterocycles. The van der Waals surface area contributed by atoms with E-state index in [0.29, 0.717) is 19.1 Å². The maximum Gasteiger partial charge on any atom is 0.194 e. The van der Waals surface area contributed by atoms with Gasteiger partial charge >= 0.3 is 0 Å². The van der Waals surface area contributed by atoms with Gasteiger partial charge < -0.3 is 19.5 Å². The van der Waals surface area contributed by atoms with E-state index in [1.54, 1.807) is 12.1 Å². The number of guanidine groups is 1. The van der Waals surface area contributed by atoms with Crippen LogP contribution in [0.2, 0.25) is 0 Å². The molecule has 1 N–H and O–H groups in total. The number of nitrogens with zero attached hydrogens (tertiary/aromatic N) is 5. The molecule has 2 aliphatic rings. The molecule has 1 aliphatic carbocycles. The first-order chi connectivity index (χ1) is 13.5. The summed E-state index contributed by atoms with van der Waals surface area (Å²) in [5, 5.41) is 11.9. The standard InChI is InChI=1S/C20H27FN6O/c1-13-11-27(12-18(28-13)15-4-6-16(21)7-5-15)20(23-17-8-9-17)22-10-19-25-24-14(2)26(19)3/h4-7,13,17-18H,8-12H2,1-3H3,(H,22,23). The van der Waals surface area contributed by atoms with Gasteiger partial charge in [0.15, 0.2) is 11.8 Å². The van der Waals surface area contributed by atoms with Crippen molar-refractivity contribution < 1.29 is 9.13 Å². The predicted octanol–water partition coefficient (Wildman–Crippen LogP) is 2.33. The Morgan fingerprint density at radius 1 is 1.25 bits per heavy atom. The van der Waals surface area contributed by atoms with E-state index in [-0.39, 0.29) is 18.0 Å². The monoisotopic (exact) mass is 386 g/mol. The molecule has 150 valence electrons. The number of nitrogens with one attached hydrogen (secondary N) is 1. The van der Waals surface area contributed by atoms with Crippen LogP contribution >= 0.6 is 0 Å². The first-order valence-electron chi connectivity index (χ1n) is 9.81. The first-order valence-corrected chi connectivity index (χ1v) is 9.81. The first kappa shape index (κ1) is 18.9. The molecule has 8 heteroatoms. The van der Waals surface area contributed by atoms with Gasteiger partial charge in [-0.05, 0) is 44.4 Å². The van der Waals surface area contributed by atoms with Crippen LogP contribution in [-0.2, 0) is 18.3 Å². The van der Waals surface area contributed by atoms with Crippen molar-refractivity contribution in [2.24, 2.45) is 12.0 Å². The summed E-state index contributed by atoms with van der Waals surface area (Å²) in [7, 11) is 1.95. The van der Waals surface area contributed by atoms with E-state index in [0.717, 1.165) is 29.7 Å². The number of hydrogen-bond donors (Lipinski definition) is 1. The molecule has 7 nitrogen and oxygen atoms in total. The topological polar surface area (TPSA) is 67.6 Å². The van der Waals surface area contributed by atoms with Crippen molar-refractivity contribution >= 4 is 5.96 Å². The fourth-order valence-corrected chi connectivity index (χ4v) is 3.37. The van der Waals surface area contributed by atoms with Crippen molar-refractivity contribution in [1.29, 1.82) is 0 Å². The molecule has 0 amide bonds. The fourth-order valence-electron chi connectivity index (χ4n) is 3.37. The van der Waals surface area contributed by atoms with Crippen LogP contribution in [0.1, 0.15) is 43.1 Å². The van der Waals surface area contributed by atoms with Crippen molar-refractivity contribution in [1.82, 2.24) is 25.0 Å². The largest absolute Gasteiger partial charge is 0.367 e. The van der Waals surface area contributed by atoms with Crippen LogP contribution in [0.25, 0.3) is 0 Å². The van der Waals surface area contributed by atoms with Gasteiger partial charge in [-0.3, -0.25) is 0 Å². The Kier molecular flexibility index (Phi) is 5.30. The summed E-state index contributed by atoms with van der Waals surface area (Å²) >= 11 is 0. The maximum atomic E-state index is 13.3. The summed E-state index contributed by atoms with van der Waals surface area (Å²) in [6, 6.07) is 7.04. The second kappa shape index (κ2) is 7.87. The quantitative estimate of drug-likeness (QED) is 0.645. The predicted molar refractivity (Wildman–Crippen MR) is 104 cm³/mol. The van der Waals surface area contributed by atoms with Crippen LogP contribution in [0.3, 0.4) is 0 Å². The summed E-state index contributed by atoms with van der Waals surface area (Å²) in [4.78, 5) is 7.08. The number of halogens is 1. The van der Waals surface area contributed by atoms with Gasteiger partial charge in [-0.2, -0.15) is 0 Å². The summed E-state index contributed by atoms with van der Waals surface area (Å²) in [6.45, 7) is 5.89. The minimum absolute atomic E-state index is 0.0482. The Morgan fingerprint density at radius 3 is 2.64 bits per heavy atom. The van der Waals surface area contributed by atoms with Crippen LogP contribution in [0.5, 0.6) is 0 Å². The zero-order valence-electron chi connectivity index (χ0n) is 16.6. The molecule has 2 heterocycles. The fraction of sp³-hybridized carbons (Fsp3) is 0.550. The molecule has 1 saturated carbocycles. The van der Waals surface area contributed by atoms with Crippen LogP contribution < -0.4 is 5.32 Å². The van der Waals surface area contributed by atoms with Crippen molar-refractivity contribution in [2.75, 3.05) is 13.1 Å². The van der Waals surface area contributed by atoms with Crippen molar-refractivity contribution in [3.05, 3.63) is 47.3 Å². The van der Waals surface area contributed by atoms with Gasteiger partial charge in [0.25, 0.3) is 0 Å². The lowest BCUT2D eigenvalue weighted by molar-refractivity contribution is -0.0605. The smallest absolute Gasteiger partial charge is 0.194 e. The lowest BCUT2D eigenvalue weighted by Gasteiger charge is -2.39. The molecule has 0 radical (unpaired) electrons. The second-order valence-electron chi connectivity index (χ2n) is 7.67. The van der Waals surface area contributed by atoms with Crippen molar-refractivity contribution in [2.45, 2.75) is 51.5 Å². The Hall–Kier alpha value is -2.48. The molecular weight excluding hydrogens is 359 g/mol. The Labute approximate surface area is 164 Å². The normalized spacial score (nSPS) is 23.1. The zero-order chi connectivity index (χ0) is 19.7. The Bertz CT molecular complexity index is 845. The van der Waals surface area contributed by atoms with Crippen molar-refractivity contribution in [3.63, 3.8) is 0 Å². The molecule has 4 rings (SSSR count). The molecule has 1 aromatic heterocycles. The highest BCUT2D eigenvalue weighted by atomic mass is 19.1. The number of benzene rings is 1. The van der Waals surface area contributed by atoms with E-state index in [1.165, 1.54) is 25.0 Å². The molecule has 0 spiro atoms. The zero-order valence-corrected chi connectivity index (χ0v) is 16.6. The summed E-state index contributed by atoms with van der Waals surface area (Å²) in [6.07, 6.45) is 2.27. The van der Waals surface area contributed by atoms with Gasteiger partial charge in [0.2, 0.25) is 0 Å². The van der Waals surface area contributed by atoms with E-state index in [4.69, 9.17) is 9.73 Å². The van der Waals surface area contributed by atoms with Gasteiger partial charge in [0.1, 0.15) is 24.3 Å². The third-order valence-electron chi connectivity index (χ3n) is 5.27. The lowest BCUT2D eigenvalue weighted by Crippen LogP contribution is -2.51. The Morgan fingerprint density at radius 2 is 2.00 bits per heavy atom. The number of ether oxygens (including phenoxy) is 1. The number of hydrogen-bond acceptors (Lipinski definition) is 4. The molecule has 2 aromatic rings. The summed E-state index contributed by atoms with van der Waals surface area (Å²) in [5.41, 5.74) is 0.979. The average Bonchev–Trinajstić information content (AvgIpc) is 3.45. The molecule has 1 aromatic carbocycles. The lowest BCUT2D eigenvalue weighted by atomic mass is 10.1. The SMILES string of the molecule is Cc1nnc(CN=C(NC2CC2)N2CC(C)OC(c3ccc(F)cc3)C2)n1C. The third kappa shape index (κ3) is 4.32. The molecule has 2 unspecified atom stereocenters. The van der Waals surface area contributed by atoms with E-state index in [2.05, 4.69) is 27.3 Å². The highest BCUT2D eigenvalue weighted by Crippen LogP contribution is 2.26. The molecule has 2 atom stereocenters. The molecule has 1 aliphatic heterocycles. The van der Waals surface area contributed by atoms with Gasteiger partial charge in [0, 0.05) is 19.6 Å². The van der Waals surface area contributed by atoms with E-state index in [1.807, 2.05) is 18.5 Å². The van der Waals surface area contributed by atoms with Gasteiger partial charge in [-0.15, -0.1) is 10.2 Å². The van der Waals surface area contributed by atoms with Gasteiger partial charge in [-0.25, -0.2) is 9.38 Å². The third-order valence-corrected chi connectivity index (χ3v) is 5.27. The van der Waals surface area contributed by atoms with Crippen LogP contribution in [-0.4, -0.2) is 50.9 Å². The Balaban J connectivity index is 1.53. The van der Waals surface area contributed by atoms with Crippen LogP contribution in [0, 0.1) is 12.7 Å². The van der Waals surface area contributed by atoms with E-state index < -0.39 is 0 Å². The maximum absolute atomic E-state index is 13.3. The minimum atomic E-state index is -0.235. The van der Waals surface area contributed by atoms with E-state index in [9.17, 15) is 4.39 Å². The minimum Gasteiger partial charge on any atom is -0.367 e. The van der Waals surface area contributed by atoms with Gasteiger partial charge in [0.05, 0.1) is 12.6 Å². The highest BCUT2D eigenvalue weighted by Gasteiger charge is 2.31. The average molecular weight is 386 g/mol. The number of aliphatic imine (C=N–C) groups is 1. The second-order valence-corrected chi connectivity index (χ2v) is 7.67. The molecular formula is C20H27FN6O. The number of rotatable bonds is 4. The van der Waals surface area contributed by atoms with Crippen LogP contribution in [0.4, 0.5) is 4.39 Å². The summed E-state index contributed by atoms with van der Waals surface area (Å²) < 4.78 is 21.4. The summed E-state index contributed by atoms with van der Waals surface area (Å²) in [5.74, 6) is 2.36.